The van der Waals surface area contributed by atoms with Gasteiger partial charge in [0.25, 0.3) is 0 Å². The molecule has 2 aromatic heterocycles. The van der Waals surface area contributed by atoms with Gasteiger partial charge in [-0.05, 0) is 45.4 Å². The van der Waals surface area contributed by atoms with E-state index in [0.29, 0.717) is 11.4 Å². The van der Waals surface area contributed by atoms with E-state index < -0.39 is 0 Å². The number of benzene rings is 1. The molecule has 0 spiro atoms. The van der Waals surface area contributed by atoms with Crippen LogP contribution in [0.2, 0.25) is 0 Å². The van der Waals surface area contributed by atoms with Gasteiger partial charge in [0.2, 0.25) is 5.13 Å². The number of rotatable bonds is 7. The Bertz CT molecular complexity index is 1030. The number of aliphatic hydroxyl groups is 1. The predicted molar refractivity (Wildman–Crippen MR) is 118 cm³/mol. The Morgan fingerprint density at radius 1 is 1.30 bits per heavy atom. The number of ether oxygens (including phenoxy) is 1. The second-order valence-corrected chi connectivity index (χ2v) is 8.79. The molecule has 0 fully saturated rings. The number of fused-ring (bicyclic) bond motifs is 1. The van der Waals surface area contributed by atoms with Crippen LogP contribution in [0.4, 0.5) is 5.69 Å². The minimum atomic E-state index is 0.0691. The summed E-state index contributed by atoms with van der Waals surface area (Å²) < 4.78 is 7.62. The van der Waals surface area contributed by atoms with Crippen molar-refractivity contribution in [2.24, 2.45) is 0 Å². The summed E-state index contributed by atoms with van der Waals surface area (Å²) in [6.07, 6.45) is 1.78. The maximum Gasteiger partial charge on any atom is 0.233 e. The van der Waals surface area contributed by atoms with Crippen LogP contribution in [-0.2, 0) is 13.0 Å². The van der Waals surface area contributed by atoms with Crippen molar-refractivity contribution in [1.82, 2.24) is 24.9 Å². The van der Waals surface area contributed by atoms with Gasteiger partial charge in [-0.25, -0.2) is 4.68 Å². The van der Waals surface area contributed by atoms with Crippen LogP contribution in [-0.4, -0.2) is 55.8 Å². The summed E-state index contributed by atoms with van der Waals surface area (Å²) in [7, 11) is 0. The van der Waals surface area contributed by atoms with E-state index in [2.05, 4.69) is 22.0 Å². The normalized spacial score (nSPS) is 14.3. The summed E-state index contributed by atoms with van der Waals surface area (Å²) in [6, 6.07) is 5.71. The van der Waals surface area contributed by atoms with Crippen molar-refractivity contribution in [2.75, 3.05) is 25.4 Å². The quantitative estimate of drug-likeness (QED) is 0.558. The van der Waals surface area contributed by atoms with E-state index in [9.17, 15) is 0 Å². The lowest BCUT2D eigenvalue weighted by molar-refractivity contribution is 0.211. The molecular formula is C21H28N6O2S. The van der Waals surface area contributed by atoms with Gasteiger partial charge in [-0.2, -0.15) is 5.10 Å². The summed E-state index contributed by atoms with van der Waals surface area (Å²) in [6.45, 7) is 8.99. The van der Waals surface area contributed by atoms with Crippen LogP contribution in [0.25, 0.3) is 15.7 Å². The van der Waals surface area contributed by atoms with Crippen molar-refractivity contribution >= 4 is 17.0 Å². The van der Waals surface area contributed by atoms with Crippen LogP contribution in [0, 0.1) is 6.92 Å². The Balaban J connectivity index is 1.57. The molecule has 9 heteroatoms. The first-order valence-corrected chi connectivity index (χ1v) is 11.1. The number of aliphatic hydroxyl groups excluding tert-OH is 1. The first-order valence-electron chi connectivity index (χ1n) is 10.3. The monoisotopic (exact) mass is 428 g/mol. The predicted octanol–water partition coefficient (Wildman–Crippen LogP) is 2.81. The molecule has 0 unspecified atom stereocenters. The Hall–Kier alpha value is -2.49. The van der Waals surface area contributed by atoms with Crippen LogP contribution in [0.15, 0.2) is 18.2 Å². The average Bonchev–Trinajstić information content (AvgIpc) is 3.33. The summed E-state index contributed by atoms with van der Waals surface area (Å²) in [5, 5.41) is 24.2. The molecule has 0 aliphatic carbocycles. The smallest absolute Gasteiger partial charge is 0.233 e. The van der Waals surface area contributed by atoms with Gasteiger partial charge in [-0.3, -0.25) is 4.90 Å². The third kappa shape index (κ3) is 4.19. The molecule has 0 amide bonds. The third-order valence-electron chi connectivity index (χ3n) is 5.22. The summed E-state index contributed by atoms with van der Waals surface area (Å²) >= 11 is 1.50. The number of hydrogen-bond acceptors (Lipinski definition) is 8. The lowest BCUT2D eigenvalue weighted by atomic mass is 10.1. The van der Waals surface area contributed by atoms with E-state index in [1.54, 1.807) is 0 Å². The minimum Gasteiger partial charge on any atom is -0.489 e. The molecule has 0 saturated carbocycles. The number of anilines is 1. The third-order valence-corrected chi connectivity index (χ3v) is 6.17. The van der Waals surface area contributed by atoms with Crippen LogP contribution < -0.4 is 10.5 Å². The van der Waals surface area contributed by atoms with E-state index in [4.69, 9.17) is 20.7 Å². The minimum absolute atomic E-state index is 0.0691. The van der Waals surface area contributed by atoms with Gasteiger partial charge in [-0.15, -0.1) is 10.2 Å². The van der Waals surface area contributed by atoms with E-state index in [1.807, 2.05) is 36.7 Å². The summed E-state index contributed by atoms with van der Waals surface area (Å²) in [5.74, 6) is 0.680. The SMILES string of the molecule is Cc1c2c(nn1-c1nnc(-c3ccc(OC(C)C)c(N)c3)s1)CCN(CCCO)C2. The number of nitrogen functional groups attached to an aromatic ring is 1. The van der Waals surface area contributed by atoms with Crippen molar-refractivity contribution in [3.63, 3.8) is 0 Å². The first kappa shape index (κ1) is 20.8. The molecule has 1 aromatic carbocycles. The zero-order valence-corrected chi connectivity index (χ0v) is 18.4. The van der Waals surface area contributed by atoms with Crippen LogP contribution in [0.1, 0.15) is 37.2 Å². The molecule has 1 aliphatic heterocycles. The molecule has 0 radical (unpaired) electrons. The Morgan fingerprint density at radius 2 is 2.13 bits per heavy atom. The van der Waals surface area contributed by atoms with Gasteiger partial charge in [0.15, 0.2) is 0 Å². The molecule has 3 N–H and O–H groups in total. The van der Waals surface area contributed by atoms with Gasteiger partial charge in [0.05, 0.1) is 17.5 Å². The number of nitrogens with zero attached hydrogens (tertiary/aromatic N) is 5. The van der Waals surface area contributed by atoms with Gasteiger partial charge in [0.1, 0.15) is 10.8 Å². The molecule has 8 nitrogen and oxygen atoms in total. The largest absolute Gasteiger partial charge is 0.489 e. The molecule has 0 saturated heterocycles. The molecule has 0 bridgehead atoms. The topological polar surface area (TPSA) is 102 Å². The highest BCUT2D eigenvalue weighted by molar-refractivity contribution is 7.17. The summed E-state index contributed by atoms with van der Waals surface area (Å²) in [5.41, 5.74) is 11.1. The van der Waals surface area contributed by atoms with E-state index >= 15 is 0 Å². The Morgan fingerprint density at radius 3 is 2.87 bits per heavy atom. The maximum absolute atomic E-state index is 9.09. The molecule has 30 heavy (non-hydrogen) atoms. The second-order valence-electron chi connectivity index (χ2n) is 7.83. The second kappa shape index (κ2) is 8.71. The van der Waals surface area contributed by atoms with Crippen molar-refractivity contribution in [1.29, 1.82) is 0 Å². The van der Waals surface area contributed by atoms with Crippen molar-refractivity contribution in [2.45, 2.75) is 46.3 Å². The molecule has 0 atom stereocenters. The van der Waals surface area contributed by atoms with Crippen LogP contribution >= 0.6 is 11.3 Å². The zero-order chi connectivity index (χ0) is 21.3. The van der Waals surface area contributed by atoms with Crippen LogP contribution in [0.5, 0.6) is 5.75 Å². The van der Waals surface area contributed by atoms with Gasteiger partial charge >= 0.3 is 0 Å². The number of hydrogen-bond donors (Lipinski definition) is 2. The van der Waals surface area contributed by atoms with E-state index in [1.165, 1.54) is 16.9 Å². The lowest BCUT2D eigenvalue weighted by Crippen LogP contribution is -2.31. The Kier molecular flexibility index (Phi) is 6.03. The number of aromatic nitrogens is 4. The summed E-state index contributed by atoms with van der Waals surface area (Å²) in [4.78, 5) is 2.37. The van der Waals surface area contributed by atoms with Crippen molar-refractivity contribution in [3.8, 4) is 21.5 Å². The fourth-order valence-electron chi connectivity index (χ4n) is 3.70. The molecule has 3 heterocycles. The zero-order valence-electron chi connectivity index (χ0n) is 17.6. The molecule has 1 aliphatic rings. The van der Waals surface area contributed by atoms with Crippen LogP contribution in [0.3, 0.4) is 0 Å². The Labute approximate surface area is 180 Å². The van der Waals surface area contributed by atoms with Gasteiger partial charge in [-0.1, -0.05) is 11.3 Å². The maximum atomic E-state index is 9.09. The van der Waals surface area contributed by atoms with Crippen molar-refractivity contribution < 1.29 is 9.84 Å². The van der Waals surface area contributed by atoms with Gasteiger partial charge < -0.3 is 15.6 Å². The van der Waals surface area contributed by atoms with E-state index in [0.717, 1.165) is 59.6 Å². The standard InChI is InChI=1S/C21H28N6O2S/c1-13(2)29-19-6-5-15(11-17(19)22)20-23-24-21(30-20)27-14(3)16-12-26(8-4-10-28)9-7-18(16)25-27/h5-6,11,13,28H,4,7-10,12,22H2,1-3H3. The van der Waals surface area contributed by atoms with Crippen molar-refractivity contribution in [3.05, 3.63) is 35.2 Å². The lowest BCUT2D eigenvalue weighted by Gasteiger charge is -2.26. The molecule has 3 aromatic rings. The number of nitrogens with two attached hydrogens (primary N) is 1. The molecule has 160 valence electrons. The fourth-order valence-corrected chi connectivity index (χ4v) is 4.54. The highest BCUT2D eigenvalue weighted by Gasteiger charge is 2.24. The average molecular weight is 429 g/mol. The molecule has 4 rings (SSSR count). The van der Waals surface area contributed by atoms with Gasteiger partial charge in [0, 0.05) is 49.5 Å². The van der Waals surface area contributed by atoms with E-state index in [-0.39, 0.29) is 12.7 Å². The highest BCUT2D eigenvalue weighted by atomic mass is 32.1. The highest BCUT2D eigenvalue weighted by Crippen LogP contribution is 2.33. The fraction of sp³-hybridized carbons (Fsp3) is 0.476. The molecular weight excluding hydrogens is 400 g/mol. The first-order chi connectivity index (χ1) is 14.5.